The van der Waals surface area contributed by atoms with Crippen molar-refractivity contribution in [2.45, 2.75) is 13.3 Å². The normalized spacial score (nSPS) is 14.4. The third-order valence-electron chi connectivity index (χ3n) is 5.24. The number of fused-ring (bicyclic) bond motifs is 1. The van der Waals surface area contributed by atoms with Crippen LogP contribution in [-0.4, -0.2) is 28.8 Å². The number of hydrogen-bond donors (Lipinski definition) is 2. The molecule has 0 radical (unpaired) electrons. The van der Waals surface area contributed by atoms with Crippen LogP contribution in [0.4, 0.5) is 5.69 Å². The Hall–Kier alpha value is -3.36. The molecule has 0 atom stereocenters. The average Bonchev–Trinajstić information content (AvgIpc) is 3.23. The Bertz CT molecular complexity index is 1450. The average molecular weight is 533 g/mol. The van der Waals surface area contributed by atoms with E-state index in [0.717, 1.165) is 41.1 Å². The molecular formula is C30H25N2NaO4S. The van der Waals surface area contributed by atoms with Gasteiger partial charge in [0.1, 0.15) is 5.75 Å². The number of aliphatic imine (C=N–C) groups is 1. The number of carbonyl (C=O) groups excluding carboxylic acids is 1. The van der Waals surface area contributed by atoms with Crippen LogP contribution in [0.5, 0.6) is 5.75 Å². The van der Waals surface area contributed by atoms with Crippen molar-refractivity contribution in [1.82, 2.24) is 5.32 Å². The second-order valence-corrected chi connectivity index (χ2v) is 9.11. The summed E-state index contributed by atoms with van der Waals surface area (Å²) in [6, 6.07) is 32.8. The molecule has 0 unspecified atom stereocenters. The summed E-state index contributed by atoms with van der Waals surface area (Å²) in [7, 11) is 0. The SMILES string of the molecule is CC(=O)O.O=C1NC(=Nc2cc[c-]cc2)SC1=Cc1cc2ccccc2cc1OCCc1ccccc1.[Na+]. The molecule has 0 aliphatic carbocycles. The molecule has 0 spiro atoms. The number of hydrogen-bond acceptors (Lipinski definition) is 5. The number of nitrogens with one attached hydrogen (secondary N) is 1. The van der Waals surface area contributed by atoms with Crippen LogP contribution in [0.1, 0.15) is 18.1 Å². The van der Waals surface area contributed by atoms with Crippen molar-refractivity contribution in [3.63, 3.8) is 0 Å². The van der Waals surface area contributed by atoms with Crippen LogP contribution < -0.4 is 39.6 Å². The molecule has 1 saturated heterocycles. The van der Waals surface area contributed by atoms with Crippen molar-refractivity contribution in [2.24, 2.45) is 4.99 Å². The maximum atomic E-state index is 12.6. The molecule has 8 heteroatoms. The summed E-state index contributed by atoms with van der Waals surface area (Å²) in [4.78, 5) is 26.7. The number of amidine groups is 1. The van der Waals surface area contributed by atoms with Crippen molar-refractivity contribution < 1.29 is 49.0 Å². The molecule has 0 bridgehead atoms. The van der Waals surface area contributed by atoms with Crippen molar-refractivity contribution in [2.75, 3.05) is 6.61 Å². The number of nitrogens with zero attached hydrogens (tertiary/aromatic N) is 1. The summed E-state index contributed by atoms with van der Waals surface area (Å²) in [5.74, 6) is -0.237. The third-order valence-corrected chi connectivity index (χ3v) is 6.15. The molecule has 1 amide bonds. The van der Waals surface area contributed by atoms with E-state index >= 15 is 0 Å². The Kier molecular flexibility index (Phi) is 11.2. The fourth-order valence-corrected chi connectivity index (χ4v) is 4.42. The van der Waals surface area contributed by atoms with Crippen molar-refractivity contribution in [3.05, 3.63) is 113 Å². The van der Waals surface area contributed by atoms with Crippen LogP contribution in [-0.2, 0) is 16.0 Å². The van der Waals surface area contributed by atoms with Gasteiger partial charge in [-0.2, -0.15) is 18.2 Å². The van der Waals surface area contributed by atoms with Crippen LogP contribution in [0, 0.1) is 6.07 Å². The first kappa shape index (κ1) is 29.2. The number of carboxylic acids is 1. The fourth-order valence-electron chi connectivity index (χ4n) is 3.59. The van der Waals surface area contributed by atoms with E-state index in [2.05, 4.69) is 46.7 Å². The smallest absolute Gasteiger partial charge is 0.493 e. The van der Waals surface area contributed by atoms with Crippen molar-refractivity contribution in [1.29, 1.82) is 0 Å². The van der Waals surface area contributed by atoms with Gasteiger partial charge in [-0.1, -0.05) is 54.6 Å². The van der Waals surface area contributed by atoms with E-state index < -0.39 is 5.97 Å². The number of ether oxygens (including phenoxy) is 1. The second kappa shape index (κ2) is 14.5. The fraction of sp³-hybridized carbons (Fsp3) is 0.100. The molecular weight excluding hydrogens is 507 g/mol. The number of rotatable bonds is 6. The van der Waals surface area contributed by atoms with Gasteiger partial charge in [0.15, 0.2) is 5.17 Å². The number of aliphatic carboxylic acids is 1. The van der Waals surface area contributed by atoms with E-state index in [0.29, 0.717) is 16.7 Å². The summed E-state index contributed by atoms with van der Waals surface area (Å²) in [6.07, 6.45) is 2.69. The maximum Gasteiger partial charge on any atom is 1.00 e. The quantitative estimate of drug-likeness (QED) is 0.226. The third kappa shape index (κ3) is 8.60. The van der Waals surface area contributed by atoms with Gasteiger partial charge < -0.3 is 15.2 Å². The zero-order valence-electron chi connectivity index (χ0n) is 21.2. The van der Waals surface area contributed by atoms with Crippen LogP contribution >= 0.6 is 11.8 Å². The molecule has 4 aromatic rings. The number of amides is 1. The molecule has 0 aromatic heterocycles. The number of thioether (sulfide) groups is 1. The molecule has 186 valence electrons. The molecule has 4 aromatic carbocycles. The minimum Gasteiger partial charge on any atom is -0.493 e. The van der Waals surface area contributed by atoms with Crippen LogP contribution in [0.2, 0.25) is 0 Å². The van der Waals surface area contributed by atoms with Gasteiger partial charge in [-0.15, -0.1) is 12.1 Å². The Labute approximate surface area is 248 Å². The van der Waals surface area contributed by atoms with E-state index in [4.69, 9.17) is 14.6 Å². The van der Waals surface area contributed by atoms with Gasteiger partial charge in [-0.3, -0.25) is 14.6 Å². The zero-order valence-corrected chi connectivity index (χ0v) is 24.0. The van der Waals surface area contributed by atoms with Crippen molar-refractivity contribution in [3.8, 4) is 5.75 Å². The standard InChI is InChI=1S/C28H21N2O2S.C2H4O2.Na/c31-27-26(33-28(30-27)29-24-13-5-2-6-14-24)19-23-17-21-11-7-8-12-22(21)18-25(23)32-16-15-20-9-3-1-4-10-20;1-2(3)4;/h1,3-14,17-19H,15-16H2,(H,29,30,31);1H3,(H,3,4);/q-1;;+1. The Balaban J connectivity index is 0.000000749. The predicted octanol–water partition coefficient (Wildman–Crippen LogP) is 3.25. The Morgan fingerprint density at radius 2 is 1.66 bits per heavy atom. The van der Waals surface area contributed by atoms with Gasteiger partial charge >= 0.3 is 29.6 Å². The number of carbonyl (C=O) groups is 2. The van der Waals surface area contributed by atoms with Gasteiger partial charge in [0.05, 0.1) is 11.5 Å². The van der Waals surface area contributed by atoms with Gasteiger partial charge in [-0.05, 0) is 52.0 Å². The molecule has 38 heavy (non-hydrogen) atoms. The molecule has 1 fully saturated rings. The molecule has 0 saturated carbocycles. The Morgan fingerprint density at radius 1 is 1.03 bits per heavy atom. The van der Waals surface area contributed by atoms with Crippen LogP contribution in [0.3, 0.4) is 0 Å². The van der Waals surface area contributed by atoms with Crippen LogP contribution in [0.25, 0.3) is 16.8 Å². The van der Waals surface area contributed by atoms with E-state index in [1.54, 1.807) is 12.1 Å². The summed E-state index contributed by atoms with van der Waals surface area (Å²) in [5.41, 5.74) is 2.87. The monoisotopic (exact) mass is 532 g/mol. The summed E-state index contributed by atoms with van der Waals surface area (Å²) < 4.78 is 6.20. The second-order valence-electron chi connectivity index (χ2n) is 8.08. The maximum absolute atomic E-state index is 12.6. The first-order valence-electron chi connectivity index (χ1n) is 11.6. The molecule has 2 N–H and O–H groups in total. The number of carboxylic acid groups (broad SMARTS) is 1. The molecule has 1 aliphatic heterocycles. The van der Waals surface area contributed by atoms with E-state index in [-0.39, 0.29) is 35.5 Å². The summed E-state index contributed by atoms with van der Waals surface area (Å²) in [5, 5.41) is 13.0. The van der Waals surface area contributed by atoms with Crippen LogP contribution in [0.15, 0.2) is 101 Å². The first-order valence-corrected chi connectivity index (χ1v) is 12.4. The summed E-state index contributed by atoms with van der Waals surface area (Å²) in [6.45, 7) is 1.63. The molecule has 5 rings (SSSR count). The molecule has 1 aliphatic rings. The van der Waals surface area contributed by atoms with E-state index in [1.165, 1.54) is 17.3 Å². The minimum absolute atomic E-state index is 0. The van der Waals surface area contributed by atoms with Gasteiger partial charge in [0.2, 0.25) is 0 Å². The molecule has 6 nitrogen and oxygen atoms in total. The van der Waals surface area contributed by atoms with Gasteiger partial charge in [0, 0.05) is 18.9 Å². The largest absolute Gasteiger partial charge is 1.00 e. The summed E-state index contributed by atoms with van der Waals surface area (Å²) >= 11 is 1.33. The topological polar surface area (TPSA) is 88.0 Å². The predicted molar refractivity (Wildman–Crippen MR) is 149 cm³/mol. The minimum atomic E-state index is -0.833. The Morgan fingerprint density at radius 3 is 2.34 bits per heavy atom. The van der Waals surface area contributed by atoms with E-state index in [1.807, 2.05) is 54.6 Å². The van der Waals surface area contributed by atoms with E-state index in [9.17, 15) is 4.79 Å². The first-order chi connectivity index (χ1) is 18.0. The van der Waals surface area contributed by atoms with Crippen molar-refractivity contribution >= 4 is 51.3 Å². The van der Waals surface area contributed by atoms with Gasteiger partial charge in [0.25, 0.3) is 11.9 Å². The molecule has 1 heterocycles. The number of benzene rings is 4. The van der Waals surface area contributed by atoms with Gasteiger partial charge in [-0.25, -0.2) is 0 Å². The zero-order chi connectivity index (χ0) is 26.0.